The van der Waals surface area contributed by atoms with E-state index in [1.54, 1.807) is 6.92 Å². The fourth-order valence-electron chi connectivity index (χ4n) is 0.943. The van der Waals surface area contributed by atoms with Gasteiger partial charge in [-0.1, -0.05) is 5.16 Å². The minimum Gasteiger partial charge on any atom is -0.494 e. The van der Waals surface area contributed by atoms with Gasteiger partial charge in [-0.2, -0.15) is 0 Å². The predicted octanol–water partition coefficient (Wildman–Crippen LogP) is 2.03. The van der Waals surface area contributed by atoms with Gasteiger partial charge in [-0.3, -0.25) is 0 Å². The van der Waals surface area contributed by atoms with Gasteiger partial charge in [-0.05, 0) is 25.1 Å². The number of oxime groups is 1. The van der Waals surface area contributed by atoms with Gasteiger partial charge in [0.2, 0.25) is 0 Å². The summed E-state index contributed by atoms with van der Waals surface area (Å²) < 4.78 is 17.7. The van der Waals surface area contributed by atoms with Crippen LogP contribution in [0.5, 0.6) is 5.75 Å². The van der Waals surface area contributed by atoms with E-state index in [4.69, 9.17) is 9.94 Å². The summed E-state index contributed by atoms with van der Waals surface area (Å²) in [5.41, 5.74) is 1.04. The van der Waals surface area contributed by atoms with E-state index in [-0.39, 0.29) is 5.75 Å². The van der Waals surface area contributed by atoms with Crippen LogP contribution in [0, 0.1) is 5.82 Å². The highest BCUT2D eigenvalue weighted by Crippen LogP contribution is 2.18. The van der Waals surface area contributed by atoms with Crippen LogP contribution in [0.15, 0.2) is 23.4 Å². The normalized spacial score (nSPS) is 11.5. The molecule has 0 aliphatic heterocycles. The van der Waals surface area contributed by atoms with Crippen molar-refractivity contribution in [3.63, 3.8) is 0 Å². The first kappa shape index (κ1) is 9.51. The Labute approximate surface area is 75.4 Å². The Kier molecular flexibility index (Phi) is 2.84. The highest BCUT2D eigenvalue weighted by molar-refractivity contribution is 5.98. The van der Waals surface area contributed by atoms with E-state index in [1.807, 2.05) is 0 Å². The van der Waals surface area contributed by atoms with E-state index in [2.05, 4.69) is 5.16 Å². The van der Waals surface area contributed by atoms with Crippen molar-refractivity contribution in [2.45, 2.75) is 6.92 Å². The third kappa shape index (κ3) is 1.96. The highest BCUT2D eigenvalue weighted by Gasteiger charge is 2.05. The fourth-order valence-corrected chi connectivity index (χ4v) is 0.943. The summed E-state index contributed by atoms with van der Waals surface area (Å²) in [4.78, 5) is 0. The first-order chi connectivity index (χ1) is 6.19. The van der Waals surface area contributed by atoms with E-state index in [0.29, 0.717) is 11.3 Å². The highest BCUT2D eigenvalue weighted by atomic mass is 19.1. The van der Waals surface area contributed by atoms with E-state index >= 15 is 0 Å². The molecule has 0 spiro atoms. The van der Waals surface area contributed by atoms with Crippen LogP contribution < -0.4 is 4.74 Å². The first-order valence-corrected chi connectivity index (χ1v) is 3.71. The molecule has 70 valence electrons. The monoisotopic (exact) mass is 183 g/mol. The van der Waals surface area contributed by atoms with Crippen LogP contribution in [0.3, 0.4) is 0 Å². The van der Waals surface area contributed by atoms with Crippen molar-refractivity contribution in [2.75, 3.05) is 7.11 Å². The zero-order chi connectivity index (χ0) is 9.84. The Morgan fingerprint density at radius 3 is 2.77 bits per heavy atom. The summed E-state index contributed by atoms with van der Waals surface area (Å²) in [6, 6.07) is 4.26. The van der Waals surface area contributed by atoms with Gasteiger partial charge in [-0.25, -0.2) is 4.39 Å². The molecule has 3 nitrogen and oxygen atoms in total. The summed E-state index contributed by atoms with van der Waals surface area (Å²) in [6.07, 6.45) is 0. The summed E-state index contributed by atoms with van der Waals surface area (Å²) >= 11 is 0. The molecule has 0 aliphatic rings. The second-order valence-electron chi connectivity index (χ2n) is 2.53. The topological polar surface area (TPSA) is 41.8 Å². The van der Waals surface area contributed by atoms with Gasteiger partial charge < -0.3 is 9.94 Å². The van der Waals surface area contributed by atoms with Gasteiger partial charge in [0.1, 0.15) is 0 Å². The second kappa shape index (κ2) is 3.89. The molecule has 1 N–H and O–H groups in total. The van der Waals surface area contributed by atoms with Crippen LogP contribution in [-0.2, 0) is 0 Å². The molecule has 0 saturated carbocycles. The molecule has 0 fully saturated rings. The maximum atomic E-state index is 12.9. The third-order valence-corrected chi connectivity index (χ3v) is 1.72. The molecule has 0 radical (unpaired) electrons. The number of nitrogens with zero attached hydrogens (tertiary/aromatic N) is 1. The molecule has 13 heavy (non-hydrogen) atoms. The second-order valence-corrected chi connectivity index (χ2v) is 2.53. The van der Waals surface area contributed by atoms with Crippen molar-refractivity contribution in [1.82, 2.24) is 0 Å². The Balaban J connectivity index is 3.13. The van der Waals surface area contributed by atoms with Crippen LogP contribution in [0.4, 0.5) is 4.39 Å². The fraction of sp³-hybridized carbons (Fsp3) is 0.222. The minimum absolute atomic E-state index is 0.139. The standard InChI is InChI=1S/C9H10FNO2/c1-6(11-12)7-3-4-8(10)9(5-7)13-2/h3-5,12H,1-2H3. The Morgan fingerprint density at radius 2 is 2.23 bits per heavy atom. The first-order valence-electron chi connectivity index (χ1n) is 3.71. The van der Waals surface area contributed by atoms with Gasteiger partial charge in [-0.15, -0.1) is 0 Å². The smallest absolute Gasteiger partial charge is 0.165 e. The van der Waals surface area contributed by atoms with Crippen LogP contribution >= 0.6 is 0 Å². The van der Waals surface area contributed by atoms with Gasteiger partial charge in [0, 0.05) is 5.56 Å². The number of hydrogen-bond acceptors (Lipinski definition) is 3. The lowest BCUT2D eigenvalue weighted by Gasteiger charge is -2.03. The zero-order valence-electron chi connectivity index (χ0n) is 7.41. The maximum absolute atomic E-state index is 12.9. The zero-order valence-corrected chi connectivity index (χ0v) is 7.41. The van der Waals surface area contributed by atoms with Gasteiger partial charge in [0.15, 0.2) is 11.6 Å². The lowest BCUT2D eigenvalue weighted by molar-refractivity contribution is 0.319. The van der Waals surface area contributed by atoms with Gasteiger partial charge in [0.25, 0.3) is 0 Å². The third-order valence-electron chi connectivity index (χ3n) is 1.72. The molecule has 4 heteroatoms. The SMILES string of the molecule is COc1cc(C(C)=NO)ccc1F. The maximum Gasteiger partial charge on any atom is 0.165 e. The average molecular weight is 183 g/mol. The van der Waals surface area contributed by atoms with Crippen molar-refractivity contribution < 1.29 is 14.3 Å². The lowest BCUT2D eigenvalue weighted by atomic mass is 10.1. The predicted molar refractivity (Wildman–Crippen MR) is 46.9 cm³/mol. The van der Waals surface area contributed by atoms with Crippen molar-refractivity contribution in [3.05, 3.63) is 29.6 Å². The van der Waals surface area contributed by atoms with Crippen molar-refractivity contribution in [1.29, 1.82) is 0 Å². The van der Waals surface area contributed by atoms with Crippen LogP contribution in [0.2, 0.25) is 0 Å². The van der Waals surface area contributed by atoms with E-state index < -0.39 is 5.82 Å². The Morgan fingerprint density at radius 1 is 1.54 bits per heavy atom. The molecule has 1 rings (SSSR count). The van der Waals surface area contributed by atoms with Crippen LogP contribution in [-0.4, -0.2) is 18.0 Å². The minimum atomic E-state index is -0.433. The molecular weight excluding hydrogens is 173 g/mol. The number of ether oxygens (including phenoxy) is 1. The summed E-state index contributed by atoms with van der Waals surface area (Å²) in [7, 11) is 1.38. The van der Waals surface area contributed by atoms with E-state index in [1.165, 1.54) is 25.3 Å². The molecule has 0 aliphatic carbocycles. The molecule has 0 atom stereocenters. The van der Waals surface area contributed by atoms with Crippen molar-refractivity contribution >= 4 is 5.71 Å². The average Bonchev–Trinajstić information content (AvgIpc) is 2.17. The lowest BCUT2D eigenvalue weighted by Crippen LogP contribution is -1.96. The van der Waals surface area contributed by atoms with Crippen LogP contribution in [0.1, 0.15) is 12.5 Å². The van der Waals surface area contributed by atoms with E-state index in [9.17, 15) is 4.39 Å². The Bertz CT molecular complexity index is 336. The molecule has 0 heterocycles. The number of methoxy groups -OCH3 is 1. The Hall–Kier alpha value is -1.58. The van der Waals surface area contributed by atoms with Crippen molar-refractivity contribution in [3.8, 4) is 5.75 Å². The van der Waals surface area contributed by atoms with Gasteiger partial charge in [0.05, 0.1) is 12.8 Å². The number of halogens is 1. The largest absolute Gasteiger partial charge is 0.494 e. The summed E-state index contributed by atoms with van der Waals surface area (Å²) in [5, 5.41) is 11.5. The molecule has 0 amide bonds. The summed E-state index contributed by atoms with van der Waals surface area (Å²) in [6.45, 7) is 1.62. The number of hydrogen-bond donors (Lipinski definition) is 1. The molecular formula is C9H10FNO2. The molecule has 0 saturated heterocycles. The van der Waals surface area contributed by atoms with Crippen molar-refractivity contribution in [2.24, 2.45) is 5.16 Å². The molecule has 0 unspecified atom stereocenters. The number of benzene rings is 1. The number of rotatable bonds is 2. The molecule has 0 bridgehead atoms. The quantitative estimate of drug-likeness (QED) is 0.433. The van der Waals surface area contributed by atoms with E-state index in [0.717, 1.165) is 0 Å². The van der Waals surface area contributed by atoms with Crippen LogP contribution in [0.25, 0.3) is 0 Å². The molecule has 1 aromatic carbocycles. The molecule has 1 aromatic rings. The molecule has 0 aromatic heterocycles. The summed E-state index contributed by atoms with van der Waals surface area (Å²) in [5.74, 6) is -0.294. The van der Waals surface area contributed by atoms with Gasteiger partial charge >= 0.3 is 0 Å².